The summed E-state index contributed by atoms with van der Waals surface area (Å²) in [6.07, 6.45) is 0.256. The molecule has 0 aromatic heterocycles. The maximum absolute atomic E-state index is 11.8. The number of aliphatic hydroxyl groups excluding tert-OH is 2. The Balaban J connectivity index is 1.79. The van der Waals surface area contributed by atoms with Gasteiger partial charge in [0.15, 0.2) is 6.29 Å². The molecule has 110 valence electrons. The van der Waals surface area contributed by atoms with E-state index >= 15 is 0 Å². The standard InChI is InChI=1S/C15H20O5/c1-6-10-8(19-13(6)17)5-15(2)9(16)4-3-7-11(15)12(10)20-14(7)18/h7-12,14,16,18H,1,3-5H2,2H3/t7-,8+,9+,10-,11+,12+,14-,15-/m1/s1. The minimum Gasteiger partial charge on any atom is -0.458 e. The van der Waals surface area contributed by atoms with Gasteiger partial charge in [0.25, 0.3) is 0 Å². The van der Waals surface area contributed by atoms with Gasteiger partial charge in [-0.25, -0.2) is 4.79 Å². The summed E-state index contributed by atoms with van der Waals surface area (Å²) >= 11 is 0. The third-order valence-electron chi connectivity index (χ3n) is 6.09. The van der Waals surface area contributed by atoms with Gasteiger partial charge in [0.05, 0.1) is 18.1 Å². The maximum atomic E-state index is 11.8. The van der Waals surface area contributed by atoms with Crippen molar-refractivity contribution in [3.05, 3.63) is 12.2 Å². The summed E-state index contributed by atoms with van der Waals surface area (Å²) < 4.78 is 11.2. The lowest BCUT2D eigenvalue weighted by atomic mass is 9.52. The highest BCUT2D eigenvalue weighted by atomic mass is 16.6. The van der Waals surface area contributed by atoms with Crippen LogP contribution in [0.4, 0.5) is 0 Å². The zero-order chi connectivity index (χ0) is 14.2. The lowest BCUT2D eigenvalue weighted by molar-refractivity contribution is -0.162. The fourth-order valence-corrected chi connectivity index (χ4v) is 5.10. The van der Waals surface area contributed by atoms with E-state index in [4.69, 9.17) is 9.47 Å². The Morgan fingerprint density at radius 2 is 2.10 bits per heavy atom. The molecule has 2 N–H and O–H groups in total. The van der Waals surface area contributed by atoms with Crippen LogP contribution in [0.2, 0.25) is 0 Å². The first kappa shape index (κ1) is 12.8. The molecule has 2 aliphatic heterocycles. The number of rotatable bonds is 0. The van der Waals surface area contributed by atoms with Crippen molar-refractivity contribution in [2.45, 2.75) is 50.8 Å². The van der Waals surface area contributed by atoms with E-state index in [1.165, 1.54) is 0 Å². The highest BCUT2D eigenvalue weighted by molar-refractivity contribution is 5.91. The molecule has 5 heteroatoms. The van der Waals surface area contributed by atoms with Crippen molar-refractivity contribution in [3.8, 4) is 0 Å². The first-order chi connectivity index (χ1) is 9.43. The van der Waals surface area contributed by atoms with E-state index in [0.717, 1.165) is 6.42 Å². The van der Waals surface area contributed by atoms with Gasteiger partial charge in [0, 0.05) is 22.8 Å². The van der Waals surface area contributed by atoms with Crippen LogP contribution in [0.15, 0.2) is 12.2 Å². The van der Waals surface area contributed by atoms with Crippen LogP contribution in [-0.4, -0.2) is 40.8 Å². The van der Waals surface area contributed by atoms with Crippen molar-refractivity contribution in [3.63, 3.8) is 0 Å². The van der Waals surface area contributed by atoms with Gasteiger partial charge < -0.3 is 19.7 Å². The van der Waals surface area contributed by atoms with E-state index in [0.29, 0.717) is 18.4 Å². The Bertz CT molecular complexity index is 489. The van der Waals surface area contributed by atoms with E-state index < -0.39 is 12.4 Å². The number of aliphatic hydroxyl groups is 2. The second-order valence-corrected chi connectivity index (χ2v) is 6.98. The highest BCUT2D eigenvalue weighted by Crippen LogP contribution is 2.61. The van der Waals surface area contributed by atoms with Gasteiger partial charge in [0.2, 0.25) is 0 Å². The molecule has 0 bridgehead atoms. The molecule has 2 heterocycles. The maximum Gasteiger partial charge on any atom is 0.334 e. The van der Waals surface area contributed by atoms with Crippen LogP contribution < -0.4 is 0 Å². The molecule has 0 amide bonds. The van der Waals surface area contributed by atoms with E-state index in [9.17, 15) is 15.0 Å². The molecule has 20 heavy (non-hydrogen) atoms. The van der Waals surface area contributed by atoms with E-state index in [2.05, 4.69) is 6.58 Å². The molecule has 0 aromatic carbocycles. The van der Waals surface area contributed by atoms with Crippen LogP contribution in [0.5, 0.6) is 0 Å². The molecular weight excluding hydrogens is 260 g/mol. The lowest BCUT2D eigenvalue weighted by Gasteiger charge is -2.53. The molecule has 5 nitrogen and oxygen atoms in total. The van der Waals surface area contributed by atoms with Crippen molar-refractivity contribution in [1.29, 1.82) is 0 Å². The van der Waals surface area contributed by atoms with Gasteiger partial charge in [-0.3, -0.25) is 0 Å². The van der Waals surface area contributed by atoms with Crippen molar-refractivity contribution >= 4 is 5.97 Å². The molecular formula is C15H20O5. The SMILES string of the molecule is C=C1C(=O)O[C@H]2C[C@@]3(C)[C@H]4[C@@H](CC[C@@H]3O)[C@H](O)O[C@H]4[C@H]12. The molecule has 0 aromatic rings. The van der Waals surface area contributed by atoms with Crippen molar-refractivity contribution in [1.82, 2.24) is 0 Å². The molecule has 8 atom stereocenters. The summed E-state index contributed by atoms with van der Waals surface area (Å²) in [4.78, 5) is 11.8. The van der Waals surface area contributed by atoms with Gasteiger partial charge in [-0.05, 0) is 19.3 Å². The fourth-order valence-electron chi connectivity index (χ4n) is 5.10. The number of carbonyl (C=O) groups is 1. The number of hydrogen-bond donors (Lipinski definition) is 2. The van der Waals surface area contributed by atoms with Gasteiger partial charge in [-0.2, -0.15) is 0 Å². The summed E-state index contributed by atoms with van der Waals surface area (Å²) in [5, 5.41) is 20.6. The Hall–Kier alpha value is -0.910. The van der Waals surface area contributed by atoms with Crippen LogP contribution >= 0.6 is 0 Å². The quantitative estimate of drug-likeness (QED) is 0.502. The van der Waals surface area contributed by atoms with Crippen molar-refractivity contribution in [2.24, 2.45) is 23.2 Å². The third-order valence-corrected chi connectivity index (χ3v) is 6.09. The number of carbonyl (C=O) groups excluding carboxylic acids is 1. The van der Waals surface area contributed by atoms with Crippen LogP contribution in [0.1, 0.15) is 26.2 Å². The number of esters is 1. The highest BCUT2D eigenvalue weighted by Gasteiger charge is 2.66. The third kappa shape index (κ3) is 1.36. The van der Waals surface area contributed by atoms with E-state index in [-0.39, 0.29) is 41.3 Å². The lowest BCUT2D eigenvalue weighted by Crippen LogP contribution is -2.57. The van der Waals surface area contributed by atoms with Gasteiger partial charge in [-0.15, -0.1) is 0 Å². The minimum absolute atomic E-state index is 0.0397. The topological polar surface area (TPSA) is 76.0 Å². The molecule has 2 saturated heterocycles. The monoisotopic (exact) mass is 280 g/mol. The Kier molecular flexibility index (Phi) is 2.46. The smallest absolute Gasteiger partial charge is 0.334 e. The molecule has 4 fully saturated rings. The normalized spacial score (nSPS) is 57.2. The molecule has 0 unspecified atom stereocenters. The van der Waals surface area contributed by atoms with E-state index in [1.54, 1.807) is 0 Å². The van der Waals surface area contributed by atoms with Gasteiger partial charge >= 0.3 is 5.97 Å². The van der Waals surface area contributed by atoms with E-state index in [1.807, 2.05) is 6.92 Å². The molecule has 0 radical (unpaired) electrons. The average molecular weight is 280 g/mol. The second-order valence-electron chi connectivity index (χ2n) is 6.98. The Morgan fingerprint density at radius 3 is 2.85 bits per heavy atom. The fraction of sp³-hybridized carbons (Fsp3) is 0.800. The second kappa shape index (κ2) is 3.84. The average Bonchev–Trinajstić information content (AvgIpc) is 2.85. The zero-order valence-electron chi connectivity index (χ0n) is 11.5. The first-order valence-corrected chi connectivity index (χ1v) is 7.35. The number of ether oxygens (including phenoxy) is 2. The summed E-state index contributed by atoms with van der Waals surface area (Å²) in [7, 11) is 0. The van der Waals surface area contributed by atoms with Gasteiger partial charge in [-0.1, -0.05) is 13.5 Å². The summed E-state index contributed by atoms with van der Waals surface area (Å²) in [5.74, 6) is -0.435. The predicted molar refractivity (Wildman–Crippen MR) is 68.3 cm³/mol. The largest absolute Gasteiger partial charge is 0.458 e. The van der Waals surface area contributed by atoms with Crippen LogP contribution in [-0.2, 0) is 14.3 Å². The summed E-state index contributed by atoms with van der Waals surface area (Å²) in [5.41, 5.74) is 0.0897. The molecule has 4 aliphatic rings. The Labute approximate surface area is 117 Å². The van der Waals surface area contributed by atoms with Crippen LogP contribution in [0.25, 0.3) is 0 Å². The predicted octanol–water partition coefficient (Wildman–Crippen LogP) is 0.598. The number of hydrogen-bond acceptors (Lipinski definition) is 5. The van der Waals surface area contributed by atoms with Crippen LogP contribution in [0.3, 0.4) is 0 Å². The van der Waals surface area contributed by atoms with Crippen molar-refractivity contribution < 1.29 is 24.5 Å². The van der Waals surface area contributed by atoms with Crippen molar-refractivity contribution in [2.75, 3.05) is 0 Å². The van der Waals surface area contributed by atoms with Crippen LogP contribution in [0, 0.1) is 23.2 Å². The number of fused-ring (bicyclic) bond motifs is 2. The molecule has 0 spiro atoms. The van der Waals surface area contributed by atoms with Gasteiger partial charge in [0.1, 0.15) is 6.10 Å². The summed E-state index contributed by atoms with van der Waals surface area (Å²) in [6.45, 7) is 5.88. The summed E-state index contributed by atoms with van der Waals surface area (Å²) in [6, 6.07) is 0. The Morgan fingerprint density at radius 1 is 1.35 bits per heavy atom. The molecule has 4 rings (SSSR count). The zero-order valence-corrected chi connectivity index (χ0v) is 11.5. The molecule has 2 saturated carbocycles. The molecule has 2 aliphatic carbocycles. The minimum atomic E-state index is -0.806. The first-order valence-electron chi connectivity index (χ1n) is 7.35.